The first-order valence-electron chi connectivity index (χ1n) is 7.95. The van der Waals surface area contributed by atoms with E-state index in [4.69, 9.17) is 10.2 Å². The van der Waals surface area contributed by atoms with Crippen molar-refractivity contribution >= 4 is 0 Å². The van der Waals surface area contributed by atoms with E-state index in [2.05, 4.69) is 22.8 Å². The highest BCUT2D eigenvalue weighted by molar-refractivity contribution is 5.12. The highest BCUT2D eigenvalue weighted by Gasteiger charge is 2.34. The Labute approximate surface area is 121 Å². The van der Waals surface area contributed by atoms with Gasteiger partial charge in [-0.2, -0.15) is 0 Å². The second-order valence-electron chi connectivity index (χ2n) is 6.43. The maximum absolute atomic E-state index is 6.28. The summed E-state index contributed by atoms with van der Waals surface area (Å²) in [6, 6.07) is 5.16. The Morgan fingerprint density at radius 2 is 2.05 bits per heavy atom. The van der Waals surface area contributed by atoms with Gasteiger partial charge in [0.15, 0.2) is 0 Å². The minimum absolute atomic E-state index is 0.0912. The quantitative estimate of drug-likeness (QED) is 0.919. The molecule has 2 aliphatic heterocycles. The van der Waals surface area contributed by atoms with Gasteiger partial charge in [0.1, 0.15) is 11.5 Å². The van der Waals surface area contributed by atoms with Crippen LogP contribution in [0.1, 0.15) is 43.7 Å². The molecule has 1 aromatic heterocycles. The van der Waals surface area contributed by atoms with Gasteiger partial charge >= 0.3 is 0 Å². The van der Waals surface area contributed by atoms with Crippen LogP contribution in [0.5, 0.6) is 0 Å². The molecule has 0 bridgehead atoms. The van der Waals surface area contributed by atoms with Gasteiger partial charge in [0.05, 0.1) is 6.04 Å². The number of rotatable bonds is 3. The largest absolute Gasteiger partial charge is 0.465 e. The normalized spacial score (nSPS) is 28.1. The zero-order valence-electron chi connectivity index (χ0n) is 12.7. The molecule has 0 radical (unpaired) electrons. The second-order valence-corrected chi connectivity index (χ2v) is 6.43. The van der Waals surface area contributed by atoms with Gasteiger partial charge in [0, 0.05) is 25.2 Å². The lowest BCUT2D eigenvalue weighted by atomic mass is 10.0. The van der Waals surface area contributed by atoms with Crippen LogP contribution in [-0.4, -0.2) is 48.1 Å². The molecular formula is C16H27N3O. The minimum atomic E-state index is 0.0912. The van der Waals surface area contributed by atoms with Crippen molar-refractivity contribution in [2.24, 2.45) is 5.73 Å². The summed E-state index contributed by atoms with van der Waals surface area (Å²) in [7, 11) is 0. The van der Waals surface area contributed by atoms with E-state index < -0.39 is 0 Å². The summed E-state index contributed by atoms with van der Waals surface area (Å²) in [6.45, 7) is 8.87. The van der Waals surface area contributed by atoms with Gasteiger partial charge in [0.25, 0.3) is 0 Å². The Bertz CT molecular complexity index is 443. The number of nitrogens with zero attached hydrogens (tertiary/aromatic N) is 2. The highest BCUT2D eigenvalue weighted by Crippen LogP contribution is 2.30. The first-order chi connectivity index (χ1) is 9.65. The van der Waals surface area contributed by atoms with Crippen LogP contribution in [-0.2, 0) is 0 Å². The minimum Gasteiger partial charge on any atom is -0.465 e. The Kier molecular flexibility index (Phi) is 4.15. The third kappa shape index (κ3) is 2.78. The number of furan rings is 1. The lowest BCUT2D eigenvalue weighted by Crippen LogP contribution is -2.43. The van der Waals surface area contributed by atoms with Gasteiger partial charge < -0.3 is 10.2 Å². The molecule has 4 heteroatoms. The van der Waals surface area contributed by atoms with Crippen LogP contribution in [0.3, 0.4) is 0 Å². The maximum Gasteiger partial charge on any atom is 0.122 e. The van der Waals surface area contributed by atoms with Crippen molar-refractivity contribution in [3.05, 3.63) is 23.7 Å². The standard InChI is InChI=1S/C16H27N3O/c1-12-6-7-15(20-12)16(13(2)17)19-10-4-9-18-8-3-5-14(18)11-19/h6-7,13-14,16H,3-5,8-11,17H2,1-2H3. The van der Waals surface area contributed by atoms with Gasteiger partial charge in [-0.25, -0.2) is 0 Å². The molecule has 2 aliphatic rings. The molecule has 4 nitrogen and oxygen atoms in total. The zero-order chi connectivity index (χ0) is 14.1. The zero-order valence-corrected chi connectivity index (χ0v) is 12.7. The Balaban J connectivity index is 1.80. The molecule has 3 rings (SSSR count). The average Bonchev–Trinajstić information content (AvgIpc) is 2.95. The fourth-order valence-electron chi connectivity index (χ4n) is 3.87. The van der Waals surface area contributed by atoms with E-state index in [0.29, 0.717) is 0 Å². The van der Waals surface area contributed by atoms with Crippen LogP contribution >= 0.6 is 0 Å². The molecule has 0 aromatic carbocycles. The SMILES string of the molecule is Cc1ccc(C(C(C)N)N2CCCN3CCCC3C2)o1. The maximum atomic E-state index is 6.28. The van der Waals surface area contributed by atoms with Crippen LogP contribution in [0.15, 0.2) is 16.5 Å². The highest BCUT2D eigenvalue weighted by atomic mass is 16.3. The van der Waals surface area contributed by atoms with Gasteiger partial charge in [-0.15, -0.1) is 0 Å². The molecule has 2 saturated heterocycles. The molecule has 2 N–H and O–H groups in total. The van der Waals surface area contributed by atoms with Crippen molar-refractivity contribution in [1.29, 1.82) is 0 Å². The van der Waals surface area contributed by atoms with Crippen molar-refractivity contribution in [2.75, 3.05) is 26.2 Å². The molecule has 112 valence electrons. The Morgan fingerprint density at radius 3 is 2.75 bits per heavy atom. The van der Waals surface area contributed by atoms with Gasteiger partial charge in [0.2, 0.25) is 0 Å². The van der Waals surface area contributed by atoms with E-state index in [0.717, 1.165) is 30.7 Å². The summed E-state index contributed by atoms with van der Waals surface area (Å²) < 4.78 is 5.88. The van der Waals surface area contributed by atoms with E-state index in [1.165, 1.54) is 32.4 Å². The number of fused-ring (bicyclic) bond motifs is 1. The molecular weight excluding hydrogens is 250 g/mol. The van der Waals surface area contributed by atoms with Crippen LogP contribution in [0.2, 0.25) is 0 Å². The summed E-state index contributed by atoms with van der Waals surface area (Å²) in [5.74, 6) is 2.01. The number of hydrogen-bond donors (Lipinski definition) is 1. The fraction of sp³-hybridized carbons (Fsp3) is 0.750. The molecule has 0 saturated carbocycles. The summed E-state index contributed by atoms with van der Waals surface area (Å²) in [5.41, 5.74) is 6.28. The summed E-state index contributed by atoms with van der Waals surface area (Å²) in [5, 5.41) is 0. The molecule has 3 unspecified atom stereocenters. The van der Waals surface area contributed by atoms with E-state index in [-0.39, 0.29) is 12.1 Å². The molecule has 0 spiro atoms. The lowest BCUT2D eigenvalue weighted by molar-refractivity contribution is 0.139. The average molecular weight is 277 g/mol. The second kappa shape index (κ2) is 5.88. The number of aryl methyl sites for hydroxylation is 1. The molecule has 2 fully saturated rings. The fourth-order valence-corrected chi connectivity index (χ4v) is 3.87. The van der Waals surface area contributed by atoms with Crippen molar-refractivity contribution < 1.29 is 4.42 Å². The summed E-state index contributed by atoms with van der Waals surface area (Å²) in [6.07, 6.45) is 3.92. The molecule has 1 aromatic rings. The van der Waals surface area contributed by atoms with E-state index >= 15 is 0 Å². The monoisotopic (exact) mass is 277 g/mol. The summed E-state index contributed by atoms with van der Waals surface area (Å²) >= 11 is 0. The lowest BCUT2D eigenvalue weighted by Gasteiger charge is -2.33. The third-order valence-electron chi connectivity index (χ3n) is 4.78. The topological polar surface area (TPSA) is 45.6 Å². The number of hydrogen-bond acceptors (Lipinski definition) is 4. The van der Waals surface area contributed by atoms with Crippen molar-refractivity contribution in [2.45, 2.75) is 51.2 Å². The van der Waals surface area contributed by atoms with Gasteiger partial charge in [-0.1, -0.05) is 0 Å². The summed E-state index contributed by atoms with van der Waals surface area (Å²) in [4.78, 5) is 5.21. The molecule has 0 aliphatic carbocycles. The number of nitrogens with two attached hydrogens (primary N) is 1. The van der Waals surface area contributed by atoms with Crippen molar-refractivity contribution in [1.82, 2.24) is 9.80 Å². The van der Waals surface area contributed by atoms with Gasteiger partial charge in [-0.05, 0) is 58.3 Å². The first-order valence-corrected chi connectivity index (χ1v) is 7.95. The Hall–Kier alpha value is -0.840. The van der Waals surface area contributed by atoms with E-state index in [9.17, 15) is 0 Å². The van der Waals surface area contributed by atoms with E-state index in [1.807, 2.05) is 13.0 Å². The van der Waals surface area contributed by atoms with Crippen LogP contribution in [0.4, 0.5) is 0 Å². The van der Waals surface area contributed by atoms with Crippen molar-refractivity contribution in [3.8, 4) is 0 Å². The van der Waals surface area contributed by atoms with Crippen LogP contribution < -0.4 is 5.73 Å². The smallest absolute Gasteiger partial charge is 0.122 e. The predicted octanol–water partition coefficient (Wildman–Crippen LogP) is 2.15. The third-order valence-corrected chi connectivity index (χ3v) is 4.78. The molecule has 20 heavy (non-hydrogen) atoms. The van der Waals surface area contributed by atoms with E-state index in [1.54, 1.807) is 0 Å². The van der Waals surface area contributed by atoms with Crippen LogP contribution in [0.25, 0.3) is 0 Å². The Morgan fingerprint density at radius 1 is 1.25 bits per heavy atom. The van der Waals surface area contributed by atoms with Crippen molar-refractivity contribution in [3.63, 3.8) is 0 Å². The predicted molar refractivity (Wildman–Crippen MR) is 80.6 cm³/mol. The van der Waals surface area contributed by atoms with Crippen LogP contribution in [0, 0.1) is 6.92 Å². The molecule has 0 amide bonds. The first kappa shape index (κ1) is 14.1. The van der Waals surface area contributed by atoms with Gasteiger partial charge in [-0.3, -0.25) is 9.80 Å². The molecule has 3 heterocycles. The molecule has 3 atom stereocenters.